The van der Waals surface area contributed by atoms with Crippen molar-refractivity contribution in [2.75, 3.05) is 19.4 Å². The van der Waals surface area contributed by atoms with Crippen LogP contribution in [0, 0.1) is 6.92 Å². The molecule has 1 atom stereocenters. The van der Waals surface area contributed by atoms with Crippen LogP contribution in [0.1, 0.15) is 23.6 Å². The lowest BCUT2D eigenvalue weighted by atomic mass is 9.92. The number of hydrogen-bond donors (Lipinski definition) is 2. The molecule has 0 radical (unpaired) electrons. The minimum absolute atomic E-state index is 0.214. The van der Waals surface area contributed by atoms with E-state index in [1.54, 1.807) is 6.92 Å². The topological polar surface area (TPSA) is 58.4 Å². The molecule has 3 N–H and O–H groups in total. The molecule has 0 aliphatic carbocycles. The predicted octanol–water partition coefficient (Wildman–Crippen LogP) is 2.87. The van der Waals surface area contributed by atoms with Gasteiger partial charge in [-0.1, -0.05) is 42.5 Å². The van der Waals surface area contributed by atoms with Gasteiger partial charge in [0.05, 0.1) is 0 Å². The first kappa shape index (κ1) is 17.2. The summed E-state index contributed by atoms with van der Waals surface area (Å²) in [5, 5.41) is 2.98. The van der Waals surface area contributed by atoms with Gasteiger partial charge in [0, 0.05) is 12.2 Å². The summed E-state index contributed by atoms with van der Waals surface area (Å²) in [7, 11) is 4.04. The van der Waals surface area contributed by atoms with Gasteiger partial charge in [0.2, 0.25) is 5.91 Å². The molecule has 1 amide bonds. The standard InChI is InChI=1S/C19H25N3O/c1-14-10-11-15(13-22(3)4)12-17(14)21-18(23)19(2,20)16-8-6-5-7-9-16/h5-12H,13,20H2,1-4H3,(H,21,23). The molecule has 23 heavy (non-hydrogen) atoms. The average Bonchev–Trinajstić information content (AvgIpc) is 2.51. The highest BCUT2D eigenvalue weighted by Gasteiger charge is 2.30. The van der Waals surface area contributed by atoms with E-state index in [1.165, 1.54) is 0 Å². The number of hydrogen-bond acceptors (Lipinski definition) is 3. The number of rotatable bonds is 5. The second-order valence-corrected chi connectivity index (χ2v) is 6.41. The zero-order valence-electron chi connectivity index (χ0n) is 14.3. The quantitative estimate of drug-likeness (QED) is 0.892. The molecule has 0 aromatic heterocycles. The van der Waals surface area contributed by atoms with Gasteiger partial charge in [0.15, 0.2) is 0 Å². The van der Waals surface area contributed by atoms with Crippen LogP contribution in [0.3, 0.4) is 0 Å². The summed E-state index contributed by atoms with van der Waals surface area (Å²) in [6, 6.07) is 15.5. The van der Waals surface area contributed by atoms with E-state index in [2.05, 4.69) is 16.3 Å². The smallest absolute Gasteiger partial charge is 0.248 e. The first-order valence-corrected chi connectivity index (χ1v) is 7.71. The normalized spacial score (nSPS) is 13.7. The molecule has 2 aromatic rings. The molecule has 1 unspecified atom stereocenters. The maximum atomic E-state index is 12.7. The van der Waals surface area contributed by atoms with Gasteiger partial charge >= 0.3 is 0 Å². The number of aryl methyl sites for hydroxylation is 1. The minimum atomic E-state index is -1.08. The number of nitrogens with one attached hydrogen (secondary N) is 1. The van der Waals surface area contributed by atoms with E-state index >= 15 is 0 Å². The number of nitrogens with zero attached hydrogens (tertiary/aromatic N) is 1. The van der Waals surface area contributed by atoms with Crippen molar-refractivity contribution in [1.29, 1.82) is 0 Å². The second-order valence-electron chi connectivity index (χ2n) is 6.41. The van der Waals surface area contributed by atoms with E-state index in [0.29, 0.717) is 0 Å². The minimum Gasteiger partial charge on any atom is -0.324 e. The molecule has 0 aliphatic heterocycles. The first-order valence-electron chi connectivity index (χ1n) is 7.71. The molecule has 4 heteroatoms. The Bertz CT molecular complexity index is 678. The molecule has 0 saturated carbocycles. The van der Waals surface area contributed by atoms with Gasteiger partial charge in [-0.2, -0.15) is 0 Å². The van der Waals surface area contributed by atoms with Crippen LogP contribution in [0.25, 0.3) is 0 Å². The van der Waals surface area contributed by atoms with Crippen LogP contribution in [0.2, 0.25) is 0 Å². The molecule has 0 aliphatic rings. The van der Waals surface area contributed by atoms with E-state index in [-0.39, 0.29) is 5.91 Å². The van der Waals surface area contributed by atoms with E-state index in [4.69, 9.17) is 5.73 Å². The lowest BCUT2D eigenvalue weighted by Gasteiger charge is -2.25. The van der Waals surface area contributed by atoms with Crippen LogP contribution in [0.4, 0.5) is 5.69 Å². The highest BCUT2D eigenvalue weighted by molar-refractivity contribution is 5.98. The molecule has 4 nitrogen and oxygen atoms in total. The molecule has 122 valence electrons. The number of amides is 1. The van der Waals surface area contributed by atoms with Crippen LogP contribution in [0.15, 0.2) is 48.5 Å². The van der Waals surface area contributed by atoms with Crippen molar-refractivity contribution in [3.05, 3.63) is 65.2 Å². The van der Waals surface area contributed by atoms with Crippen LogP contribution in [-0.2, 0) is 16.9 Å². The van der Waals surface area contributed by atoms with Gasteiger partial charge < -0.3 is 16.0 Å². The fraction of sp³-hybridized carbons (Fsp3) is 0.316. The monoisotopic (exact) mass is 311 g/mol. The van der Waals surface area contributed by atoms with Gasteiger partial charge in [-0.15, -0.1) is 0 Å². The fourth-order valence-electron chi connectivity index (χ4n) is 2.43. The molecule has 2 rings (SSSR count). The average molecular weight is 311 g/mol. The van der Waals surface area contributed by atoms with Crippen molar-refractivity contribution >= 4 is 11.6 Å². The second kappa shape index (κ2) is 6.94. The Morgan fingerprint density at radius 3 is 2.43 bits per heavy atom. The Balaban J connectivity index is 2.23. The summed E-state index contributed by atoms with van der Waals surface area (Å²) in [4.78, 5) is 14.8. The highest BCUT2D eigenvalue weighted by Crippen LogP contribution is 2.23. The molecule has 2 aromatic carbocycles. The molecule has 0 fully saturated rings. The van der Waals surface area contributed by atoms with E-state index < -0.39 is 5.54 Å². The number of anilines is 1. The summed E-state index contributed by atoms with van der Waals surface area (Å²) in [6.07, 6.45) is 0. The Kier molecular flexibility index (Phi) is 5.19. The van der Waals surface area contributed by atoms with E-state index in [0.717, 1.165) is 28.9 Å². The highest BCUT2D eigenvalue weighted by atomic mass is 16.2. The van der Waals surface area contributed by atoms with Crippen molar-refractivity contribution in [2.24, 2.45) is 5.73 Å². The van der Waals surface area contributed by atoms with Gasteiger partial charge in [-0.25, -0.2) is 0 Å². The third-order valence-corrected chi connectivity index (χ3v) is 3.89. The zero-order chi connectivity index (χ0) is 17.0. The molecule has 0 heterocycles. The Hall–Kier alpha value is -2.17. The third kappa shape index (κ3) is 4.18. The van der Waals surface area contributed by atoms with Crippen LogP contribution >= 0.6 is 0 Å². The number of benzene rings is 2. The maximum absolute atomic E-state index is 12.7. The van der Waals surface area contributed by atoms with Crippen molar-refractivity contribution in [2.45, 2.75) is 25.9 Å². The Morgan fingerprint density at radius 1 is 1.17 bits per heavy atom. The predicted molar refractivity (Wildman–Crippen MR) is 95.2 cm³/mol. The summed E-state index contributed by atoms with van der Waals surface area (Å²) < 4.78 is 0. The molecular weight excluding hydrogens is 286 g/mol. The van der Waals surface area contributed by atoms with Crippen molar-refractivity contribution in [3.63, 3.8) is 0 Å². The van der Waals surface area contributed by atoms with E-state index in [9.17, 15) is 4.79 Å². The molecule has 0 bridgehead atoms. The Morgan fingerprint density at radius 2 is 1.83 bits per heavy atom. The summed E-state index contributed by atoms with van der Waals surface area (Å²) >= 11 is 0. The largest absolute Gasteiger partial charge is 0.324 e. The molecular formula is C19H25N3O. The Labute approximate surface area is 138 Å². The summed E-state index contributed by atoms with van der Waals surface area (Å²) in [5.41, 5.74) is 8.96. The maximum Gasteiger partial charge on any atom is 0.248 e. The lowest BCUT2D eigenvalue weighted by Crippen LogP contribution is -2.45. The van der Waals surface area contributed by atoms with Crippen molar-refractivity contribution in [1.82, 2.24) is 4.90 Å². The first-order chi connectivity index (χ1) is 10.8. The zero-order valence-corrected chi connectivity index (χ0v) is 14.3. The van der Waals surface area contributed by atoms with Crippen molar-refractivity contribution in [3.8, 4) is 0 Å². The van der Waals surface area contributed by atoms with Gasteiger partial charge in [0.25, 0.3) is 0 Å². The summed E-state index contributed by atoms with van der Waals surface area (Å²) in [5.74, 6) is -0.214. The SMILES string of the molecule is Cc1ccc(CN(C)C)cc1NC(=O)C(C)(N)c1ccccc1. The van der Waals surface area contributed by atoms with Gasteiger partial charge in [-0.05, 0) is 50.7 Å². The van der Waals surface area contributed by atoms with Crippen LogP contribution in [0.5, 0.6) is 0 Å². The summed E-state index contributed by atoms with van der Waals surface area (Å²) in [6.45, 7) is 4.53. The lowest BCUT2D eigenvalue weighted by molar-refractivity contribution is -0.120. The number of nitrogens with two attached hydrogens (primary N) is 1. The van der Waals surface area contributed by atoms with Crippen LogP contribution in [-0.4, -0.2) is 24.9 Å². The van der Waals surface area contributed by atoms with E-state index in [1.807, 2.05) is 63.5 Å². The van der Waals surface area contributed by atoms with Crippen LogP contribution < -0.4 is 11.1 Å². The van der Waals surface area contributed by atoms with Gasteiger partial charge in [0.1, 0.15) is 5.54 Å². The van der Waals surface area contributed by atoms with Crippen molar-refractivity contribution < 1.29 is 4.79 Å². The number of carbonyl (C=O) groups is 1. The third-order valence-electron chi connectivity index (χ3n) is 3.89. The molecule has 0 saturated heterocycles. The number of carbonyl (C=O) groups excluding carboxylic acids is 1. The fourth-order valence-corrected chi connectivity index (χ4v) is 2.43. The molecule has 0 spiro atoms. The van der Waals surface area contributed by atoms with Gasteiger partial charge in [-0.3, -0.25) is 4.79 Å².